The fraction of sp³-hybridized carbons (Fsp3) is 0.529. The van der Waals surface area contributed by atoms with Gasteiger partial charge in [-0.1, -0.05) is 18.2 Å². The highest BCUT2D eigenvalue weighted by molar-refractivity contribution is 8.00. The van der Waals surface area contributed by atoms with E-state index in [1.54, 1.807) is 18.2 Å². The molecule has 0 spiro atoms. The Morgan fingerprint density at radius 1 is 1.40 bits per heavy atom. The minimum atomic E-state index is -0.550. The molecule has 4 N–H and O–H groups in total. The van der Waals surface area contributed by atoms with Crippen molar-refractivity contribution in [3.8, 4) is 0 Å². The zero-order chi connectivity index (χ0) is 17.1. The Morgan fingerprint density at radius 2 is 2.12 bits per heavy atom. The maximum Gasteiger partial charge on any atom is 0.243 e. The molecule has 0 aromatic heterocycles. The minimum Gasteiger partial charge on any atom is -0.353 e. The van der Waals surface area contributed by atoms with Gasteiger partial charge in [-0.15, -0.1) is 24.2 Å². The van der Waals surface area contributed by atoms with E-state index >= 15 is 0 Å². The number of rotatable bonds is 6. The van der Waals surface area contributed by atoms with Crippen molar-refractivity contribution in [1.29, 1.82) is 0 Å². The average Bonchev–Trinajstić information content (AvgIpc) is 3.41. The van der Waals surface area contributed by atoms with Crippen LogP contribution in [0.25, 0.3) is 0 Å². The summed E-state index contributed by atoms with van der Waals surface area (Å²) < 4.78 is 13.7. The molecule has 0 radical (unpaired) electrons. The summed E-state index contributed by atoms with van der Waals surface area (Å²) in [5, 5.41) is 5.18. The monoisotopic (exact) mass is 387 g/mol. The molecule has 3 unspecified atom stereocenters. The molecular weight excluding hydrogens is 365 g/mol. The third kappa shape index (κ3) is 5.33. The second kappa shape index (κ2) is 8.87. The van der Waals surface area contributed by atoms with E-state index in [1.807, 2.05) is 0 Å². The van der Waals surface area contributed by atoms with E-state index in [-0.39, 0.29) is 41.3 Å². The molecule has 3 atom stereocenters. The molecule has 1 saturated carbocycles. The highest BCUT2D eigenvalue weighted by atomic mass is 35.5. The van der Waals surface area contributed by atoms with Crippen molar-refractivity contribution in [3.63, 3.8) is 0 Å². The number of nitrogens with two attached hydrogens (primary N) is 1. The number of hydrogen-bond acceptors (Lipinski definition) is 4. The summed E-state index contributed by atoms with van der Waals surface area (Å²) in [5.41, 5.74) is 6.48. The molecule has 8 heteroatoms. The molecule has 25 heavy (non-hydrogen) atoms. The lowest BCUT2D eigenvalue weighted by molar-refractivity contribution is -0.128. The molecule has 1 heterocycles. The van der Waals surface area contributed by atoms with E-state index in [9.17, 15) is 14.0 Å². The summed E-state index contributed by atoms with van der Waals surface area (Å²) in [6, 6.07) is 5.89. The van der Waals surface area contributed by atoms with Crippen molar-refractivity contribution >= 4 is 36.0 Å². The summed E-state index contributed by atoms with van der Waals surface area (Å²) in [7, 11) is 0. The van der Waals surface area contributed by atoms with Crippen molar-refractivity contribution in [2.45, 2.75) is 36.6 Å². The van der Waals surface area contributed by atoms with Crippen LogP contribution in [-0.4, -0.2) is 41.4 Å². The van der Waals surface area contributed by atoms with Crippen molar-refractivity contribution in [2.75, 3.05) is 12.3 Å². The normalized spacial score (nSPS) is 24.0. The maximum atomic E-state index is 13.7. The first kappa shape index (κ1) is 20.0. The summed E-state index contributed by atoms with van der Waals surface area (Å²) in [4.78, 5) is 24.4. The molecule has 0 bridgehead atoms. The van der Waals surface area contributed by atoms with E-state index in [0.717, 1.165) is 12.8 Å². The average molecular weight is 388 g/mol. The number of amides is 2. The zero-order valence-electron chi connectivity index (χ0n) is 13.7. The van der Waals surface area contributed by atoms with Crippen LogP contribution >= 0.6 is 24.2 Å². The van der Waals surface area contributed by atoms with Gasteiger partial charge in [0.15, 0.2) is 0 Å². The van der Waals surface area contributed by atoms with Gasteiger partial charge in [0.1, 0.15) is 11.9 Å². The van der Waals surface area contributed by atoms with Gasteiger partial charge in [-0.2, -0.15) is 0 Å². The Bertz CT molecular complexity index is 630. The second-order valence-electron chi connectivity index (χ2n) is 6.43. The molecule has 1 saturated heterocycles. The fourth-order valence-electron chi connectivity index (χ4n) is 2.78. The zero-order valence-corrected chi connectivity index (χ0v) is 15.4. The topological polar surface area (TPSA) is 84.2 Å². The number of carbonyl (C=O) groups excluding carboxylic acids is 2. The van der Waals surface area contributed by atoms with Crippen LogP contribution in [0.5, 0.6) is 0 Å². The smallest absolute Gasteiger partial charge is 0.243 e. The molecule has 2 amide bonds. The first-order chi connectivity index (χ1) is 11.5. The molecule has 3 rings (SSSR count). The van der Waals surface area contributed by atoms with Crippen LogP contribution in [0.3, 0.4) is 0 Å². The largest absolute Gasteiger partial charge is 0.353 e. The highest BCUT2D eigenvalue weighted by Crippen LogP contribution is 2.31. The van der Waals surface area contributed by atoms with Gasteiger partial charge in [-0.05, 0) is 36.8 Å². The van der Waals surface area contributed by atoms with Gasteiger partial charge in [0.2, 0.25) is 11.8 Å². The van der Waals surface area contributed by atoms with E-state index in [4.69, 9.17) is 5.73 Å². The van der Waals surface area contributed by atoms with Crippen LogP contribution in [0, 0.1) is 11.7 Å². The van der Waals surface area contributed by atoms with Gasteiger partial charge in [0, 0.05) is 18.3 Å². The predicted molar refractivity (Wildman–Crippen MR) is 99.2 cm³/mol. The SMILES string of the molecule is Cl.NC(CNC(=O)C1CSC(Cc2ccccc2F)C(=O)N1)C1CC1. The number of benzene rings is 1. The minimum absolute atomic E-state index is 0. The summed E-state index contributed by atoms with van der Waals surface area (Å²) in [6.07, 6.45) is 2.58. The molecule has 138 valence electrons. The molecule has 2 aliphatic rings. The van der Waals surface area contributed by atoms with Crippen LogP contribution in [0.2, 0.25) is 0 Å². The van der Waals surface area contributed by atoms with Crippen LogP contribution < -0.4 is 16.4 Å². The van der Waals surface area contributed by atoms with E-state index < -0.39 is 6.04 Å². The van der Waals surface area contributed by atoms with Gasteiger partial charge in [-0.3, -0.25) is 9.59 Å². The molecular formula is C17H23ClFN3O2S. The maximum absolute atomic E-state index is 13.7. The van der Waals surface area contributed by atoms with Crippen LogP contribution in [0.1, 0.15) is 18.4 Å². The standard InChI is InChI=1S/C17H22FN3O2S.ClH/c18-12-4-2-1-3-11(12)7-15-17(23)21-14(9-24-15)16(22)20-8-13(19)10-5-6-10;/h1-4,10,13-15H,5-9,19H2,(H,20,22)(H,21,23);1H. The first-order valence-corrected chi connectivity index (χ1v) is 9.28. The molecule has 1 aliphatic carbocycles. The Hall–Kier alpha value is -1.31. The van der Waals surface area contributed by atoms with Gasteiger partial charge in [-0.25, -0.2) is 4.39 Å². The quantitative estimate of drug-likeness (QED) is 0.685. The lowest BCUT2D eigenvalue weighted by Crippen LogP contribution is -2.55. The van der Waals surface area contributed by atoms with Gasteiger partial charge < -0.3 is 16.4 Å². The number of carbonyl (C=O) groups is 2. The van der Waals surface area contributed by atoms with E-state index in [1.165, 1.54) is 17.8 Å². The van der Waals surface area contributed by atoms with Crippen molar-refractivity contribution in [2.24, 2.45) is 11.7 Å². The van der Waals surface area contributed by atoms with Crippen molar-refractivity contribution in [3.05, 3.63) is 35.6 Å². The van der Waals surface area contributed by atoms with E-state index in [0.29, 0.717) is 30.2 Å². The van der Waals surface area contributed by atoms with Crippen molar-refractivity contribution < 1.29 is 14.0 Å². The van der Waals surface area contributed by atoms with Gasteiger partial charge >= 0.3 is 0 Å². The van der Waals surface area contributed by atoms with Crippen LogP contribution in [-0.2, 0) is 16.0 Å². The number of hydrogen-bond donors (Lipinski definition) is 3. The fourth-order valence-corrected chi connectivity index (χ4v) is 3.96. The van der Waals surface area contributed by atoms with Crippen LogP contribution in [0.15, 0.2) is 24.3 Å². The molecule has 5 nitrogen and oxygen atoms in total. The third-order valence-corrected chi connectivity index (χ3v) is 5.80. The molecule has 2 fully saturated rings. The predicted octanol–water partition coefficient (Wildman–Crippen LogP) is 1.24. The highest BCUT2D eigenvalue weighted by Gasteiger charge is 2.34. The van der Waals surface area contributed by atoms with Crippen molar-refractivity contribution in [1.82, 2.24) is 10.6 Å². The first-order valence-electron chi connectivity index (χ1n) is 8.23. The van der Waals surface area contributed by atoms with Gasteiger partial charge in [0.05, 0.1) is 5.25 Å². The Morgan fingerprint density at radius 3 is 2.76 bits per heavy atom. The summed E-state index contributed by atoms with van der Waals surface area (Å²) in [5.74, 6) is 0.276. The number of nitrogens with one attached hydrogen (secondary N) is 2. The van der Waals surface area contributed by atoms with Crippen LogP contribution in [0.4, 0.5) is 4.39 Å². The Balaban J connectivity index is 0.00000225. The Kier molecular flexibility index (Phi) is 7.10. The lowest BCUT2D eigenvalue weighted by Gasteiger charge is -2.28. The lowest BCUT2D eigenvalue weighted by atomic mass is 10.1. The molecule has 1 aromatic rings. The number of thioether (sulfide) groups is 1. The third-order valence-electron chi connectivity index (χ3n) is 4.49. The number of halogens is 2. The summed E-state index contributed by atoms with van der Waals surface area (Å²) in [6.45, 7) is 0.444. The summed E-state index contributed by atoms with van der Waals surface area (Å²) >= 11 is 1.39. The second-order valence-corrected chi connectivity index (χ2v) is 7.66. The molecule has 1 aromatic carbocycles. The van der Waals surface area contributed by atoms with E-state index in [2.05, 4.69) is 10.6 Å². The molecule has 1 aliphatic heterocycles. The van der Waals surface area contributed by atoms with Gasteiger partial charge in [0.25, 0.3) is 0 Å². The Labute approximate surface area is 157 Å².